The molecule has 4 fully saturated rings. The van der Waals surface area contributed by atoms with Crippen molar-refractivity contribution in [1.29, 1.82) is 0 Å². The summed E-state index contributed by atoms with van der Waals surface area (Å²) in [5, 5.41) is 0. The van der Waals surface area contributed by atoms with Crippen LogP contribution in [0.4, 0.5) is 0 Å². The molecule has 0 heterocycles. The van der Waals surface area contributed by atoms with Crippen molar-refractivity contribution in [3.63, 3.8) is 0 Å². The highest BCUT2D eigenvalue weighted by Crippen LogP contribution is 2.78. The highest BCUT2D eigenvalue weighted by molar-refractivity contribution is 5.94. The number of methoxy groups -OCH3 is 1. The third-order valence-electron chi connectivity index (χ3n) is 13.5. The second-order valence-electron chi connectivity index (χ2n) is 15.3. The van der Waals surface area contributed by atoms with Crippen molar-refractivity contribution in [2.24, 2.45) is 56.2 Å². The average molecular weight is 455 g/mol. The fraction of sp³-hybridized carbons (Fsp3) is 0.903. The molecule has 0 N–H and O–H groups in total. The van der Waals surface area contributed by atoms with Crippen LogP contribution in [0.1, 0.15) is 113 Å². The number of hydrogen-bond acceptors (Lipinski definition) is 2. The molecular weight excluding hydrogens is 404 g/mol. The predicted molar refractivity (Wildman–Crippen MR) is 136 cm³/mol. The van der Waals surface area contributed by atoms with Crippen molar-refractivity contribution < 1.29 is 9.53 Å². The number of ketones is 1. The van der Waals surface area contributed by atoms with Gasteiger partial charge in [-0.15, -0.1) is 0 Å². The molecule has 0 spiro atoms. The van der Waals surface area contributed by atoms with Crippen molar-refractivity contribution in [3.05, 3.63) is 11.8 Å². The third kappa shape index (κ3) is 2.88. The summed E-state index contributed by atoms with van der Waals surface area (Å²) in [5.41, 5.74) is 1.79. The molecule has 0 unspecified atom stereocenters. The zero-order valence-corrected chi connectivity index (χ0v) is 23.1. The summed E-state index contributed by atoms with van der Waals surface area (Å²) < 4.78 is 5.71. The van der Waals surface area contributed by atoms with Crippen LogP contribution in [0.2, 0.25) is 0 Å². The first-order valence-electron chi connectivity index (χ1n) is 14.0. The van der Waals surface area contributed by atoms with Crippen molar-refractivity contribution >= 4 is 5.78 Å². The van der Waals surface area contributed by atoms with Crippen molar-refractivity contribution in [3.8, 4) is 0 Å². The molecule has 4 saturated carbocycles. The lowest BCUT2D eigenvalue weighted by atomic mass is 9.30. The predicted octanol–water partition coefficient (Wildman–Crippen LogP) is 8.21. The Kier molecular flexibility index (Phi) is 5.01. The Morgan fingerprint density at radius 2 is 1.39 bits per heavy atom. The molecule has 9 atom stereocenters. The van der Waals surface area contributed by atoms with E-state index in [4.69, 9.17) is 4.74 Å². The number of rotatable bonds is 1. The fourth-order valence-electron chi connectivity index (χ4n) is 11.1. The second kappa shape index (κ2) is 6.91. The zero-order valence-electron chi connectivity index (χ0n) is 23.1. The Labute approximate surface area is 203 Å². The van der Waals surface area contributed by atoms with Gasteiger partial charge in [-0.25, -0.2) is 0 Å². The van der Waals surface area contributed by atoms with Crippen LogP contribution in [0.5, 0.6) is 0 Å². The van der Waals surface area contributed by atoms with Crippen LogP contribution in [-0.2, 0) is 9.53 Å². The lowest BCUT2D eigenvalue weighted by Crippen LogP contribution is -2.68. The van der Waals surface area contributed by atoms with E-state index in [1.807, 2.05) is 6.08 Å². The summed E-state index contributed by atoms with van der Waals surface area (Å²) >= 11 is 0. The molecule has 0 aromatic rings. The summed E-state index contributed by atoms with van der Waals surface area (Å²) in [6.45, 7) is 20.3. The number of hydrogen-bond donors (Lipinski definition) is 0. The van der Waals surface area contributed by atoms with E-state index in [0.29, 0.717) is 39.3 Å². The molecule has 0 amide bonds. The standard InChI is InChI=1S/C31H50O2/c1-20-22(33-9)18-21(32)25-28(20,5)11-10-23-29(25,6)15-17-31(8)24-19-26(2,3)12-13-27(24,4)14-16-30(23,31)7/h18,20,23-25H,10-17,19H2,1-9H3/t20-,23-,24+,25+,27+,28+,29+,30+,31-/m0/s1. The number of ether oxygens (including phenoxy) is 1. The first kappa shape index (κ1) is 23.9. The maximum absolute atomic E-state index is 13.8. The Balaban J connectivity index is 1.58. The first-order valence-corrected chi connectivity index (χ1v) is 14.0. The first-order chi connectivity index (χ1) is 15.2. The molecule has 33 heavy (non-hydrogen) atoms. The molecular formula is C31H50O2. The Morgan fingerprint density at radius 3 is 2.06 bits per heavy atom. The van der Waals surface area contributed by atoms with E-state index in [0.717, 1.165) is 18.1 Å². The minimum absolute atomic E-state index is 0.0164. The van der Waals surface area contributed by atoms with Gasteiger partial charge in [0.1, 0.15) is 5.76 Å². The third-order valence-corrected chi connectivity index (χ3v) is 13.5. The molecule has 0 aliphatic heterocycles. The molecule has 0 saturated heterocycles. The SMILES string of the molecule is COC1=CC(=O)[C@@H]2[C@](C)(CC[C@H]3[C@@]2(C)CC[C@@]2(C)[C@@H]4CC(C)(C)CC[C@]4(C)CC[C@]32C)[C@H]1C. The maximum Gasteiger partial charge on any atom is 0.163 e. The van der Waals surface area contributed by atoms with Crippen LogP contribution >= 0.6 is 0 Å². The number of allylic oxidation sites excluding steroid dienone is 2. The molecule has 0 radical (unpaired) electrons. The van der Waals surface area contributed by atoms with Crippen LogP contribution in [0.3, 0.4) is 0 Å². The van der Waals surface area contributed by atoms with Gasteiger partial charge >= 0.3 is 0 Å². The van der Waals surface area contributed by atoms with Crippen LogP contribution in [0, 0.1) is 56.2 Å². The molecule has 2 nitrogen and oxygen atoms in total. The summed E-state index contributed by atoms with van der Waals surface area (Å²) in [4.78, 5) is 13.8. The van der Waals surface area contributed by atoms with E-state index < -0.39 is 0 Å². The largest absolute Gasteiger partial charge is 0.501 e. The topological polar surface area (TPSA) is 26.3 Å². The smallest absolute Gasteiger partial charge is 0.163 e. The normalized spacial score (nSPS) is 55.4. The van der Waals surface area contributed by atoms with Gasteiger partial charge in [0, 0.05) is 17.9 Å². The van der Waals surface area contributed by atoms with Gasteiger partial charge in [0.05, 0.1) is 7.11 Å². The summed E-state index contributed by atoms with van der Waals surface area (Å²) in [5.74, 6) is 3.17. The number of carbonyl (C=O) groups excluding carboxylic acids is 1. The zero-order chi connectivity index (χ0) is 24.2. The quantitative estimate of drug-likeness (QED) is 0.399. The Hall–Kier alpha value is -0.790. The van der Waals surface area contributed by atoms with Crippen molar-refractivity contribution in [1.82, 2.24) is 0 Å². The average Bonchev–Trinajstić information content (AvgIpc) is 2.73. The van der Waals surface area contributed by atoms with E-state index in [-0.39, 0.29) is 16.7 Å². The lowest BCUT2D eigenvalue weighted by molar-refractivity contribution is -0.251. The number of fused-ring (bicyclic) bond motifs is 7. The maximum atomic E-state index is 13.8. The molecule has 0 aromatic carbocycles. The highest BCUT2D eigenvalue weighted by Gasteiger charge is 2.71. The van der Waals surface area contributed by atoms with Crippen LogP contribution in [0.15, 0.2) is 11.8 Å². The molecule has 5 aliphatic carbocycles. The molecule has 0 aromatic heterocycles. The van der Waals surface area contributed by atoms with E-state index in [1.165, 1.54) is 51.4 Å². The summed E-state index contributed by atoms with van der Waals surface area (Å²) in [6.07, 6.45) is 13.7. The van der Waals surface area contributed by atoms with E-state index in [1.54, 1.807) is 7.11 Å². The summed E-state index contributed by atoms with van der Waals surface area (Å²) in [7, 11) is 1.74. The minimum atomic E-state index is 0.0164. The van der Waals surface area contributed by atoms with Gasteiger partial charge in [0.2, 0.25) is 0 Å². The monoisotopic (exact) mass is 454 g/mol. The van der Waals surface area contributed by atoms with Gasteiger partial charge < -0.3 is 4.74 Å². The minimum Gasteiger partial charge on any atom is -0.501 e. The molecule has 5 aliphatic rings. The van der Waals surface area contributed by atoms with Gasteiger partial charge in [-0.2, -0.15) is 0 Å². The highest BCUT2D eigenvalue weighted by atomic mass is 16.5. The molecule has 0 bridgehead atoms. The van der Waals surface area contributed by atoms with E-state index >= 15 is 0 Å². The molecule has 2 heteroatoms. The van der Waals surface area contributed by atoms with Crippen LogP contribution in [0.25, 0.3) is 0 Å². The van der Waals surface area contributed by atoms with Gasteiger partial charge in [0.15, 0.2) is 5.78 Å². The van der Waals surface area contributed by atoms with E-state index in [2.05, 4.69) is 55.4 Å². The Bertz CT molecular complexity index is 885. The fourth-order valence-corrected chi connectivity index (χ4v) is 11.1. The van der Waals surface area contributed by atoms with Crippen LogP contribution in [-0.4, -0.2) is 12.9 Å². The summed E-state index contributed by atoms with van der Waals surface area (Å²) in [6, 6.07) is 0. The van der Waals surface area contributed by atoms with Crippen molar-refractivity contribution in [2.75, 3.05) is 7.11 Å². The second-order valence-corrected chi connectivity index (χ2v) is 15.3. The van der Waals surface area contributed by atoms with Crippen LogP contribution < -0.4 is 0 Å². The van der Waals surface area contributed by atoms with Crippen molar-refractivity contribution in [2.45, 2.75) is 113 Å². The van der Waals surface area contributed by atoms with Gasteiger partial charge in [-0.05, 0) is 102 Å². The lowest BCUT2D eigenvalue weighted by Gasteiger charge is -2.74. The molecule has 186 valence electrons. The van der Waals surface area contributed by atoms with Gasteiger partial charge in [0.25, 0.3) is 0 Å². The number of carbonyl (C=O) groups is 1. The molecule has 5 rings (SSSR count). The Morgan fingerprint density at radius 1 is 0.788 bits per heavy atom. The van der Waals surface area contributed by atoms with Gasteiger partial charge in [-0.1, -0.05) is 55.4 Å². The van der Waals surface area contributed by atoms with E-state index in [9.17, 15) is 4.79 Å². The van der Waals surface area contributed by atoms with Gasteiger partial charge in [-0.3, -0.25) is 4.79 Å².